The van der Waals surface area contributed by atoms with Crippen LogP contribution in [-0.2, 0) is 23.0 Å². The molecule has 2 rings (SSSR count). The van der Waals surface area contributed by atoms with Gasteiger partial charge in [-0.05, 0) is 37.6 Å². The van der Waals surface area contributed by atoms with E-state index in [4.69, 9.17) is 9.47 Å². The van der Waals surface area contributed by atoms with E-state index in [9.17, 15) is 14.0 Å². The number of carbonyl (C=O) groups excluding carboxylic acids is 2. The molecule has 1 aromatic carbocycles. The Balaban J connectivity index is 1.94. The monoisotopic (exact) mass is 333 g/mol. The zero-order valence-corrected chi connectivity index (χ0v) is 14.2. The number of aromatic nitrogens is 1. The van der Waals surface area contributed by atoms with Crippen LogP contribution in [0.4, 0.5) is 4.39 Å². The Bertz CT molecular complexity index is 780. The SMILES string of the molecule is COc1ccc(CC(=O)OCC(=O)c2cc(C)n(C)c2C)cc1F. The van der Waals surface area contributed by atoms with E-state index in [0.29, 0.717) is 11.1 Å². The third kappa shape index (κ3) is 3.82. The Morgan fingerprint density at radius 3 is 2.46 bits per heavy atom. The fourth-order valence-electron chi connectivity index (χ4n) is 2.40. The number of ketones is 1. The summed E-state index contributed by atoms with van der Waals surface area (Å²) in [6, 6.07) is 6.01. The second kappa shape index (κ2) is 7.29. The van der Waals surface area contributed by atoms with Gasteiger partial charge in [-0.3, -0.25) is 9.59 Å². The summed E-state index contributed by atoms with van der Waals surface area (Å²) in [5, 5.41) is 0. The van der Waals surface area contributed by atoms with E-state index in [-0.39, 0.29) is 24.6 Å². The number of hydrogen-bond donors (Lipinski definition) is 0. The summed E-state index contributed by atoms with van der Waals surface area (Å²) >= 11 is 0. The van der Waals surface area contributed by atoms with E-state index in [1.165, 1.54) is 19.2 Å². The summed E-state index contributed by atoms with van der Waals surface area (Å²) < 4.78 is 25.3. The number of nitrogens with zero attached hydrogens (tertiary/aromatic N) is 1. The third-order valence-corrected chi connectivity index (χ3v) is 4.00. The van der Waals surface area contributed by atoms with Gasteiger partial charge in [0.05, 0.1) is 13.5 Å². The number of esters is 1. The maximum atomic E-state index is 13.6. The Labute approximate surface area is 140 Å². The first-order valence-corrected chi connectivity index (χ1v) is 7.47. The molecular weight excluding hydrogens is 313 g/mol. The molecule has 0 aliphatic carbocycles. The fraction of sp³-hybridized carbons (Fsp3) is 0.333. The van der Waals surface area contributed by atoms with Gasteiger partial charge in [-0.15, -0.1) is 0 Å². The van der Waals surface area contributed by atoms with Gasteiger partial charge in [0.1, 0.15) is 0 Å². The molecular formula is C18H20FNO4. The highest BCUT2D eigenvalue weighted by Gasteiger charge is 2.16. The minimum Gasteiger partial charge on any atom is -0.494 e. The molecule has 0 N–H and O–H groups in total. The van der Waals surface area contributed by atoms with Crippen LogP contribution in [-0.4, -0.2) is 30.0 Å². The van der Waals surface area contributed by atoms with E-state index in [2.05, 4.69) is 0 Å². The molecule has 0 spiro atoms. The molecule has 128 valence electrons. The highest BCUT2D eigenvalue weighted by molar-refractivity contribution is 5.99. The quantitative estimate of drug-likeness (QED) is 0.602. The highest BCUT2D eigenvalue weighted by atomic mass is 19.1. The van der Waals surface area contributed by atoms with Crippen molar-refractivity contribution in [1.82, 2.24) is 4.57 Å². The lowest BCUT2D eigenvalue weighted by atomic mass is 10.1. The molecule has 6 heteroatoms. The van der Waals surface area contributed by atoms with Crippen molar-refractivity contribution < 1.29 is 23.5 Å². The number of Topliss-reactive ketones (excluding diaryl/α,β-unsaturated/α-hetero) is 1. The van der Waals surface area contributed by atoms with Gasteiger partial charge in [-0.1, -0.05) is 6.07 Å². The van der Waals surface area contributed by atoms with Gasteiger partial charge in [0.25, 0.3) is 0 Å². The Kier molecular flexibility index (Phi) is 5.39. The number of benzene rings is 1. The zero-order valence-electron chi connectivity index (χ0n) is 14.2. The van der Waals surface area contributed by atoms with Crippen molar-refractivity contribution in [3.05, 3.63) is 52.6 Å². The minimum absolute atomic E-state index is 0.109. The molecule has 1 heterocycles. The van der Waals surface area contributed by atoms with Crippen LogP contribution in [0.2, 0.25) is 0 Å². The van der Waals surface area contributed by atoms with Crippen molar-refractivity contribution in [2.75, 3.05) is 13.7 Å². The first-order valence-electron chi connectivity index (χ1n) is 7.47. The number of carbonyl (C=O) groups is 2. The van der Waals surface area contributed by atoms with Crippen LogP contribution in [0.5, 0.6) is 5.75 Å². The number of ether oxygens (including phenoxy) is 2. The molecule has 5 nitrogen and oxygen atoms in total. The van der Waals surface area contributed by atoms with Gasteiger partial charge in [0.2, 0.25) is 5.78 Å². The standard InChI is InChI=1S/C18H20FNO4/c1-11-7-14(12(2)20(11)3)16(21)10-24-18(22)9-13-5-6-17(23-4)15(19)8-13/h5-8H,9-10H2,1-4H3. The van der Waals surface area contributed by atoms with Crippen LogP contribution in [0.3, 0.4) is 0 Å². The molecule has 0 bridgehead atoms. The number of methoxy groups -OCH3 is 1. The van der Waals surface area contributed by atoms with Crippen LogP contribution in [0.25, 0.3) is 0 Å². The van der Waals surface area contributed by atoms with Gasteiger partial charge in [0, 0.05) is 24.0 Å². The molecule has 0 saturated heterocycles. The van der Waals surface area contributed by atoms with Gasteiger partial charge >= 0.3 is 5.97 Å². The molecule has 0 saturated carbocycles. The Hall–Kier alpha value is -2.63. The second-order valence-electron chi connectivity index (χ2n) is 5.57. The lowest BCUT2D eigenvalue weighted by molar-refractivity contribution is -0.141. The van der Waals surface area contributed by atoms with E-state index in [1.807, 2.05) is 25.5 Å². The average molecular weight is 333 g/mol. The Morgan fingerprint density at radius 2 is 1.92 bits per heavy atom. The average Bonchev–Trinajstić information content (AvgIpc) is 2.80. The van der Waals surface area contributed by atoms with Crippen molar-refractivity contribution in [2.24, 2.45) is 7.05 Å². The van der Waals surface area contributed by atoms with Crippen molar-refractivity contribution >= 4 is 11.8 Å². The van der Waals surface area contributed by atoms with Crippen LogP contribution in [0.1, 0.15) is 27.3 Å². The molecule has 0 fully saturated rings. The second-order valence-corrected chi connectivity index (χ2v) is 5.57. The molecule has 1 aromatic heterocycles. The number of hydrogen-bond acceptors (Lipinski definition) is 4. The molecule has 0 aliphatic heterocycles. The molecule has 0 aliphatic rings. The number of aryl methyl sites for hydroxylation is 1. The van der Waals surface area contributed by atoms with Crippen molar-refractivity contribution in [3.63, 3.8) is 0 Å². The van der Waals surface area contributed by atoms with Gasteiger partial charge in [0.15, 0.2) is 18.2 Å². The van der Waals surface area contributed by atoms with E-state index in [1.54, 1.807) is 12.1 Å². The number of halogens is 1. The minimum atomic E-state index is -0.585. The molecule has 2 aromatic rings. The zero-order chi connectivity index (χ0) is 17.9. The highest BCUT2D eigenvalue weighted by Crippen LogP contribution is 2.18. The Morgan fingerprint density at radius 1 is 1.21 bits per heavy atom. The van der Waals surface area contributed by atoms with Crippen molar-refractivity contribution in [2.45, 2.75) is 20.3 Å². The first kappa shape index (κ1) is 17.7. The van der Waals surface area contributed by atoms with Gasteiger partial charge in [-0.2, -0.15) is 0 Å². The van der Waals surface area contributed by atoms with Crippen LogP contribution >= 0.6 is 0 Å². The van der Waals surface area contributed by atoms with E-state index in [0.717, 1.165) is 11.4 Å². The number of rotatable bonds is 6. The predicted octanol–water partition coefficient (Wildman–Crippen LogP) is 2.76. The molecule has 0 radical (unpaired) electrons. The maximum absolute atomic E-state index is 13.6. The first-order chi connectivity index (χ1) is 11.3. The summed E-state index contributed by atoms with van der Waals surface area (Å²) in [7, 11) is 3.23. The van der Waals surface area contributed by atoms with Crippen LogP contribution in [0.15, 0.2) is 24.3 Å². The largest absolute Gasteiger partial charge is 0.494 e. The fourth-order valence-corrected chi connectivity index (χ4v) is 2.40. The van der Waals surface area contributed by atoms with Crippen molar-refractivity contribution in [1.29, 1.82) is 0 Å². The van der Waals surface area contributed by atoms with E-state index < -0.39 is 11.8 Å². The normalized spacial score (nSPS) is 10.5. The lowest BCUT2D eigenvalue weighted by Crippen LogP contribution is -2.16. The topological polar surface area (TPSA) is 57.5 Å². The summed E-state index contributed by atoms with van der Waals surface area (Å²) in [5.74, 6) is -1.28. The summed E-state index contributed by atoms with van der Waals surface area (Å²) in [5.41, 5.74) is 2.78. The summed E-state index contributed by atoms with van der Waals surface area (Å²) in [4.78, 5) is 24.0. The van der Waals surface area contributed by atoms with Crippen LogP contribution < -0.4 is 4.74 Å². The molecule has 0 unspecified atom stereocenters. The molecule has 0 amide bonds. The van der Waals surface area contributed by atoms with Crippen LogP contribution in [0, 0.1) is 19.7 Å². The summed E-state index contributed by atoms with van der Waals surface area (Å²) in [6.45, 7) is 3.40. The maximum Gasteiger partial charge on any atom is 0.310 e. The molecule has 24 heavy (non-hydrogen) atoms. The third-order valence-electron chi connectivity index (χ3n) is 4.00. The van der Waals surface area contributed by atoms with E-state index >= 15 is 0 Å². The molecule has 0 atom stereocenters. The van der Waals surface area contributed by atoms with Crippen molar-refractivity contribution in [3.8, 4) is 5.75 Å². The smallest absolute Gasteiger partial charge is 0.310 e. The van der Waals surface area contributed by atoms with Gasteiger partial charge in [-0.25, -0.2) is 4.39 Å². The summed E-state index contributed by atoms with van der Waals surface area (Å²) in [6.07, 6.45) is -0.110. The lowest BCUT2D eigenvalue weighted by Gasteiger charge is -2.06. The van der Waals surface area contributed by atoms with Gasteiger partial charge < -0.3 is 14.0 Å². The predicted molar refractivity (Wildman–Crippen MR) is 86.8 cm³/mol.